The van der Waals surface area contributed by atoms with Crippen molar-refractivity contribution in [2.45, 2.75) is 38.0 Å². The first-order valence-electron chi connectivity index (χ1n) is 8.03. The number of anilines is 1. The third-order valence-corrected chi connectivity index (χ3v) is 6.21. The van der Waals surface area contributed by atoms with Gasteiger partial charge >= 0.3 is 0 Å². The summed E-state index contributed by atoms with van der Waals surface area (Å²) in [6.07, 6.45) is 1.69. The van der Waals surface area contributed by atoms with Crippen LogP contribution in [0.5, 0.6) is 0 Å². The van der Waals surface area contributed by atoms with Crippen molar-refractivity contribution in [3.05, 3.63) is 39.9 Å². The van der Waals surface area contributed by atoms with Crippen LogP contribution in [-0.4, -0.2) is 22.4 Å². The third-order valence-electron chi connectivity index (χ3n) is 3.89. The van der Waals surface area contributed by atoms with Gasteiger partial charge in [-0.3, -0.25) is 9.59 Å². The first-order chi connectivity index (χ1) is 11.8. The molecule has 0 radical (unpaired) electrons. The number of rotatable bonds is 5. The Labute approximate surface area is 160 Å². The lowest BCUT2D eigenvalue weighted by atomic mass is 9.78. The van der Waals surface area contributed by atoms with E-state index in [0.717, 1.165) is 17.0 Å². The number of thiazole rings is 1. The molecule has 1 heterocycles. The van der Waals surface area contributed by atoms with Crippen LogP contribution in [0.1, 0.15) is 42.1 Å². The number of fused-ring (bicyclic) bond motifs is 1. The van der Waals surface area contributed by atoms with Crippen LogP contribution < -0.4 is 5.32 Å². The zero-order valence-electron chi connectivity index (χ0n) is 14.1. The number of hydrogen-bond acceptors (Lipinski definition) is 5. The van der Waals surface area contributed by atoms with E-state index in [1.165, 1.54) is 11.3 Å². The largest absolute Gasteiger partial charge is 0.302 e. The van der Waals surface area contributed by atoms with Crippen LogP contribution in [0.2, 0.25) is 5.02 Å². The predicted molar refractivity (Wildman–Crippen MR) is 104 cm³/mol. The van der Waals surface area contributed by atoms with E-state index in [2.05, 4.69) is 24.1 Å². The van der Waals surface area contributed by atoms with E-state index in [1.54, 1.807) is 11.8 Å². The normalized spacial score (nSPS) is 15.7. The Hall–Kier alpha value is -1.37. The molecule has 0 spiro atoms. The highest BCUT2D eigenvalue weighted by Crippen LogP contribution is 2.38. The number of nitrogens with one attached hydrogen (secondary N) is 1. The topological polar surface area (TPSA) is 59.1 Å². The van der Waals surface area contributed by atoms with Gasteiger partial charge in [-0.1, -0.05) is 36.8 Å². The van der Waals surface area contributed by atoms with Gasteiger partial charge in [-0.15, -0.1) is 11.8 Å². The van der Waals surface area contributed by atoms with E-state index in [4.69, 9.17) is 11.6 Å². The van der Waals surface area contributed by atoms with Crippen LogP contribution in [0.4, 0.5) is 5.13 Å². The van der Waals surface area contributed by atoms with Crippen LogP contribution in [-0.2, 0) is 11.2 Å². The second kappa shape index (κ2) is 7.48. The molecule has 2 aromatic rings. The van der Waals surface area contributed by atoms with Crippen molar-refractivity contribution in [2.24, 2.45) is 5.41 Å². The first-order valence-corrected chi connectivity index (χ1v) is 10.2. The number of carbonyl (C=O) groups excluding carboxylic acids is 2. The predicted octanol–water partition coefficient (Wildman–Crippen LogP) is 5.07. The number of carbonyl (C=O) groups is 2. The summed E-state index contributed by atoms with van der Waals surface area (Å²) in [4.78, 5) is 30.5. The lowest BCUT2D eigenvalue weighted by Gasteiger charge is -2.26. The number of Topliss-reactive ketones (excluding diaryl/α,β-unsaturated/α-hetero) is 1. The maximum Gasteiger partial charge on any atom is 0.226 e. The minimum Gasteiger partial charge on any atom is -0.302 e. The number of nitrogens with zero attached hydrogens (tertiary/aromatic N) is 1. The summed E-state index contributed by atoms with van der Waals surface area (Å²) in [6.45, 7) is 4.14. The molecule has 7 heteroatoms. The van der Waals surface area contributed by atoms with Gasteiger partial charge in [-0.25, -0.2) is 4.98 Å². The van der Waals surface area contributed by atoms with Crippen LogP contribution >= 0.6 is 34.7 Å². The molecule has 0 unspecified atom stereocenters. The Morgan fingerprint density at radius 2 is 2.04 bits per heavy atom. The molecule has 0 atom stereocenters. The fourth-order valence-electron chi connectivity index (χ4n) is 2.75. The molecule has 4 nitrogen and oxygen atoms in total. The summed E-state index contributed by atoms with van der Waals surface area (Å²) in [5.41, 5.74) is 0.756. The summed E-state index contributed by atoms with van der Waals surface area (Å²) in [5, 5.41) is 4.05. The zero-order chi connectivity index (χ0) is 18.0. The number of thioether (sulfide) groups is 1. The van der Waals surface area contributed by atoms with E-state index in [0.29, 0.717) is 33.6 Å². The van der Waals surface area contributed by atoms with Crippen molar-refractivity contribution in [3.63, 3.8) is 0 Å². The molecule has 1 amide bonds. The fraction of sp³-hybridized carbons (Fsp3) is 0.389. The zero-order valence-corrected chi connectivity index (χ0v) is 16.5. The Morgan fingerprint density at radius 3 is 2.76 bits per heavy atom. The Bertz CT molecular complexity index is 800. The average molecular weight is 395 g/mol. The van der Waals surface area contributed by atoms with E-state index in [1.807, 2.05) is 24.3 Å². The number of aromatic nitrogens is 1. The number of ketones is 1. The van der Waals surface area contributed by atoms with E-state index < -0.39 is 0 Å². The minimum absolute atomic E-state index is 0.0609. The first kappa shape index (κ1) is 18.4. The van der Waals surface area contributed by atoms with Crippen LogP contribution in [0, 0.1) is 5.41 Å². The van der Waals surface area contributed by atoms with Gasteiger partial charge in [0.05, 0.1) is 10.6 Å². The summed E-state index contributed by atoms with van der Waals surface area (Å²) < 4.78 is 0. The number of benzene rings is 1. The van der Waals surface area contributed by atoms with Crippen molar-refractivity contribution in [3.8, 4) is 0 Å². The Balaban J connectivity index is 1.53. The van der Waals surface area contributed by atoms with Crippen molar-refractivity contribution < 1.29 is 9.59 Å². The van der Waals surface area contributed by atoms with Gasteiger partial charge in [0.2, 0.25) is 5.91 Å². The maximum atomic E-state index is 12.2. The summed E-state index contributed by atoms with van der Waals surface area (Å²) >= 11 is 8.75. The van der Waals surface area contributed by atoms with Gasteiger partial charge in [0.1, 0.15) is 0 Å². The molecular formula is C18H19ClN2O2S2. The monoisotopic (exact) mass is 394 g/mol. The molecule has 25 heavy (non-hydrogen) atoms. The van der Waals surface area contributed by atoms with E-state index in [-0.39, 0.29) is 17.1 Å². The minimum atomic E-state index is -0.0840. The quantitative estimate of drug-likeness (QED) is 0.719. The molecule has 0 fully saturated rings. The van der Waals surface area contributed by atoms with Gasteiger partial charge in [-0.05, 0) is 36.1 Å². The second-order valence-corrected chi connectivity index (χ2v) is 9.44. The third kappa shape index (κ3) is 4.84. The van der Waals surface area contributed by atoms with Crippen LogP contribution in [0.15, 0.2) is 29.2 Å². The SMILES string of the molecule is CC1(C)CC(=O)c2sc(NC(=O)CCSc3ccc(Cl)cc3)nc2C1. The lowest BCUT2D eigenvalue weighted by Crippen LogP contribution is -2.26. The molecule has 0 saturated carbocycles. The molecule has 1 aliphatic carbocycles. The fourth-order valence-corrected chi connectivity index (χ4v) is 4.66. The van der Waals surface area contributed by atoms with Gasteiger partial charge in [0, 0.05) is 28.5 Å². The highest BCUT2D eigenvalue weighted by atomic mass is 35.5. The Kier molecular flexibility index (Phi) is 5.51. The smallest absolute Gasteiger partial charge is 0.226 e. The summed E-state index contributed by atoms with van der Waals surface area (Å²) in [7, 11) is 0. The second-order valence-electron chi connectivity index (χ2n) is 6.84. The summed E-state index contributed by atoms with van der Waals surface area (Å²) in [6, 6.07) is 7.55. The highest BCUT2D eigenvalue weighted by Gasteiger charge is 2.34. The van der Waals surface area contributed by atoms with E-state index in [9.17, 15) is 9.59 Å². The Morgan fingerprint density at radius 1 is 1.32 bits per heavy atom. The average Bonchev–Trinajstić information content (AvgIpc) is 2.90. The van der Waals surface area contributed by atoms with Gasteiger partial charge < -0.3 is 5.32 Å². The number of amides is 1. The lowest BCUT2D eigenvalue weighted by molar-refractivity contribution is -0.115. The molecule has 1 aromatic carbocycles. The van der Waals surface area contributed by atoms with Gasteiger partial charge in [0.25, 0.3) is 0 Å². The van der Waals surface area contributed by atoms with Crippen molar-refractivity contribution in [2.75, 3.05) is 11.1 Å². The van der Waals surface area contributed by atoms with Crippen molar-refractivity contribution in [1.82, 2.24) is 4.98 Å². The molecule has 1 aromatic heterocycles. The van der Waals surface area contributed by atoms with E-state index >= 15 is 0 Å². The van der Waals surface area contributed by atoms with Crippen molar-refractivity contribution in [1.29, 1.82) is 0 Å². The number of halogens is 1. The maximum absolute atomic E-state index is 12.2. The molecular weight excluding hydrogens is 376 g/mol. The molecule has 1 aliphatic rings. The molecule has 1 N–H and O–H groups in total. The van der Waals surface area contributed by atoms with Gasteiger partial charge in [0.15, 0.2) is 10.9 Å². The molecule has 0 saturated heterocycles. The molecule has 0 aliphatic heterocycles. The van der Waals surface area contributed by atoms with Crippen molar-refractivity contribution >= 4 is 51.5 Å². The number of hydrogen-bond donors (Lipinski definition) is 1. The van der Waals surface area contributed by atoms with Crippen LogP contribution in [0.3, 0.4) is 0 Å². The van der Waals surface area contributed by atoms with Crippen LogP contribution in [0.25, 0.3) is 0 Å². The molecule has 3 rings (SSSR count). The van der Waals surface area contributed by atoms with Gasteiger partial charge in [-0.2, -0.15) is 0 Å². The molecule has 132 valence electrons. The summed E-state index contributed by atoms with van der Waals surface area (Å²) in [5.74, 6) is 0.714. The highest BCUT2D eigenvalue weighted by molar-refractivity contribution is 7.99. The standard InChI is InChI=1S/C18H19ClN2O2S2/c1-18(2)9-13-16(14(22)10-18)25-17(20-13)21-15(23)7-8-24-12-5-3-11(19)4-6-12/h3-6H,7-10H2,1-2H3,(H,20,21,23). The molecule has 0 bridgehead atoms.